The van der Waals surface area contributed by atoms with Crippen LogP contribution in [0.25, 0.3) is 11.2 Å². The number of imidazole rings is 1. The van der Waals surface area contributed by atoms with Gasteiger partial charge in [-0.15, -0.1) is 0 Å². The van der Waals surface area contributed by atoms with Gasteiger partial charge in [0.1, 0.15) is 36.7 Å². The summed E-state index contributed by atoms with van der Waals surface area (Å²) in [5.74, 6) is -2.41. The number of ether oxygens (including phenoxy) is 8. The molecule has 2 saturated heterocycles. The summed E-state index contributed by atoms with van der Waals surface area (Å²) in [6.45, 7) is 10.5. The smallest absolute Gasteiger partial charge is 0.308 e. The van der Waals surface area contributed by atoms with Crippen LogP contribution in [0.3, 0.4) is 0 Å². The van der Waals surface area contributed by atoms with Gasteiger partial charge >= 0.3 is 5.97 Å². The zero-order chi connectivity index (χ0) is 49.8. The number of carbonyl (C=O) groups excluding carboxylic acids is 2. The number of aromatic nitrogens is 3. The second kappa shape index (κ2) is 26.1. The molecular weight excluding hydrogens is 895 g/mol. The molecule has 3 aliphatic heterocycles. The standard InChI is InChI=1S/C50H77N5O14/c1-10-39-34(25-64-40-16-15-38(57)47(61-8)48(40)62-9)22-29(2)13-14-37(56)30(3)23-33-17-20-63-26-35(53-66-21-19-55-28-52-49-36(55)12-11-18-51-49)27-65-41(24-42(58)68-39)31(4)46(33)69-50-45(60)43(54(6)7)44(59)32(5)67-50/h11-14,18,22,28,30-34,38-41,43-48,50,57,59-60H,10,15-17,19-21,23-27H2,1-9H3/b14-13+,29-22+,53-35+/t30-,31+,32-,33?,34-,38-,39-,40-,41-,43+,44-,45-,46-,47-,48+,50+/m1/s1. The van der Waals surface area contributed by atoms with Crippen LogP contribution in [0.2, 0.25) is 0 Å². The molecule has 386 valence electrons. The molecule has 0 aromatic carbocycles. The molecule has 0 amide bonds. The Balaban J connectivity index is 1.31. The van der Waals surface area contributed by atoms with E-state index in [1.807, 2.05) is 50.5 Å². The molecule has 69 heavy (non-hydrogen) atoms. The fourth-order valence-corrected chi connectivity index (χ4v) is 10.2. The number of allylic oxidation sites excluding steroid dienone is 3. The highest BCUT2D eigenvalue weighted by Crippen LogP contribution is 2.36. The van der Waals surface area contributed by atoms with Crippen molar-refractivity contribution in [3.63, 3.8) is 0 Å². The van der Waals surface area contributed by atoms with Crippen LogP contribution in [0.5, 0.6) is 0 Å². The first-order chi connectivity index (χ1) is 33.1. The summed E-state index contributed by atoms with van der Waals surface area (Å²) in [6, 6.07) is 3.08. The van der Waals surface area contributed by atoms with Crippen LogP contribution in [0.15, 0.2) is 53.6 Å². The largest absolute Gasteiger partial charge is 0.462 e. The summed E-state index contributed by atoms with van der Waals surface area (Å²) in [4.78, 5) is 44.7. The van der Waals surface area contributed by atoms with Crippen molar-refractivity contribution in [2.45, 2.75) is 153 Å². The predicted octanol–water partition coefficient (Wildman–Crippen LogP) is 3.65. The minimum absolute atomic E-state index is 0.0550. The van der Waals surface area contributed by atoms with Gasteiger partial charge in [0.2, 0.25) is 0 Å². The summed E-state index contributed by atoms with van der Waals surface area (Å²) in [6.07, 6.45) is 2.31. The van der Waals surface area contributed by atoms with E-state index in [1.165, 1.54) is 7.11 Å². The Morgan fingerprint density at radius 3 is 2.49 bits per heavy atom. The van der Waals surface area contributed by atoms with E-state index in [9.17, 15) is 24.9 Å². The van der Waals surface area contributed by atoms with E-state index in [0.29, 0.717) is 50.0 Å². The molecule has 19 heteroatoms. The normalized spacial score (nSPS) is 37.8. The van der Waals surface area contributed by atoms with E-state index in [2.05, 4.69) is 15.1 Å². The average molecular weight is 972 g/mol. The maximum absolute atomic E-state index is 14.5. The lowest BCUT2D eigenvalue weighted by atomic mass is 9.79. The van der Waals surface area contributed by atoms with Crippen LogP contribution >= 0.6 is 0 Å². The zero-order valence-corrected chi connectivity index (χ0v) is 41.8. The van der Waals surface area contributed by atoms with Crippen LogP contribution < -0.4 is 0 Å². The third-order valence-corrected chi connectivity index (χ3v) is 14.2. The van der Waals surface area contributed by atoms with Gasteiger partial charge in [-0.1, -0.05) is 43.7 Å². The molecule has 2 aromatic heterocycles. The van der Waals surface area contributed by atoms with Gasteiger partial charge < -0.3 is 67.5 Å². The number of cyclic esters (lactones) is 1. The minimum atomic E-state index is -1.25. The van der Waals surface area contributed by atoms with Gasteiger partial charge in [-0.25, -0.2) is 9.97 Å². The number of pyridine rings is 1. The van der Waals surface area contributed by atoms with Gasteiger partial charge in [0.05, 0.1) is 87.3 Å². The van der Waals surface area contributed by atoms with Gasteiger partial charge in [0.15, 0.2) is 17.7 Å². The number of carbonyl (C=O) groups is 2. The number of hydrogen-bond acceptors (Lipinski definition) is 18. The van der Waals surface area contributed by atoms with E-state index in [4.69, 9.17) is 42.7 Å². The molecule has 0 radical (unpaired) electrons. The van der Waals surface area contributed by atoms with E-state index in [-0.39, 0.29) is 51.2 Å². The molecule has 1 saturated carbocycles. The Labute approximate surface area is 406 Å². The quantitative estimate of drug-likeness (QED) is 0.148. The molecule has 5 heterocycles. The summed E-state index contributed by atoms with van der Waals surface area (Å²) in [7, 11) is 6.66. The first-order valence-corrected chi connectivity index (χ1v) is 24.5. The number of methoxy groups -OCH3 is 2. The second-order valence-electron chi connectivity index (χ2n) is 19.3. The van der Waals surface area contributed by atoms with Crippen molar-refractivity contribution < 1.29 is 67.6 Å². The maximum atomic E-state index is 14.5. The lowest BCUT2D eigenvalue weighted by molar-refractivity contribution is -0.305. The third kappa shape index (κ3) is 14.2. The van der Waals surface area contributed by atoms with Crippen LogP contribution in [-0.4, -0.2) is 187 Å². The number of nitrogens with zero attached hydrogens (tertiary/aromatic N) is 5. The number of esters is 1. The molecule has 1 aliphatic carbocycles. The molecule has 3 N–H and O–H groups in total. The fourth-order valence-electron chi connectivity index (χ4n) is 10.2. The van der Waals surface area contributed by atoms with E-state index in [0.717, 1.165) is 11.1 Å². The molecule has 1 unspecified atom stereocenters. The maximum Gasteiger partial charge on any atom is 0.308 e. The molecule has 3 fully saturated rings. The number of rotatable bonds is 13. The van der Waals surface area contributed by atoms with Crippen molar-refractivity contribution in [3.8, 4) is 0 Å². The number of oxime groups is 1. The lowest BCUT2D eigenvalue weighted by Gasteiger charge is -2.47. The number of aliphatic hydroxyl groups is 3. The molecule has 0 spiro atoms. The number of fused-ring (bicyclic) bond motifs is 4. The summed E-state index contributed by atoms with van der Waals surface area (Å²) < 4.78 is 52.3. The van der Waals surface area contributed by atoms with Crippen molar-refractivity contribution in [1.82, 2.24) is 19.4 Å². The Morgan fingerprint density at radius 2 is 1.75 bits per heavy atom. The average Bonchev–Trinajstić information content (AvgIpc) is 3.74. The lowest BCUT2D eigenvalue weighted by Crippen LogP contribution is -2.63. The zero-order valence-electron chi connectivity index (χ0n) is 41.8. The van der Waals surface area contributed by atoms with E-state index < -0.39 is 97.1 Å². The highest BCUT2D eigenvalue weighted by Gasteiger charge is 2.48. The monoisotopic (exact) mass is 972 g/mol. The number of likely N-dealkylation sites (N-methyl/N-ethyl adjacent to an activating group) is 1. The van der Waals surface area contributed by atoms with E-state index in [1.54, 1.807) is 57.7 Å². The Hall–Kier alpha value is -3.73. The van der Waals surface area contributed by atoms with Crippen molar-refractivity contribution in [2.24, 2.45) is 28.8 Å². The Kier molecular flexibility index (Phi) is 20.7. The molecule has 2 bridgehead atoms. The molecule has 2 aromatic rings. The Morgan fingerprint density at radius 1 is 0.971 bits per heavy atom. The van der Waals surface area contributed by atoms with E-state index >= 15 is 0 Å². The molecular formula is C50H77N5O14. The van der Waals surface area contributed by atoms with Crippen molar-refractivity contribution >= 4 is 28.6 Å². The summed E-state index contributed by atoms with van der Waals surface area (Å²) in [5, 5.41) is 37.9. The Bertz CT molecular complexity index is 2030. The molecule has 4 aliphatic rings. The number of aliphatic hydroxyl groups excluding tert-OH is 3. The van der Waals surface area contributed by atoms with Gasteiger partial charge in [-0.3, -0.25) is 9.59 Å². The minimum Gasteiger partial charge on any atom is -0.462 e. The summed E-state index contributed by atoms with van der Waals surface area (Å²) >= 11 is 0. The van der Waals surface area contributed by atoms with Crippen LogP contribution in [0.4, 0.5) is 0 Å². The second-order valence-corrected chi connectivity index (χ2v) is 19.3. The van der Waals surface area contributed by atoms with Gasteiger partial charge in [-0.05, 0) is 84.2 Å². The fraction of sp³-hybridized carbons (Fsp3) is 0.740. The summed E-state index contributed by atoms with van der Waals surface area (Å²) in [5.41, 5.74) is 2.75. The predicted molar refractivity (Wildman–Crippen MR) is 254 cm³/mol. The van der Waals surface area contributed by atoms with Crippen LogP contribution in [0.1, 0.15) is 73.1 Å². The van der Waals surface area contributed by atoms with Crippen LogP contribution in [0, 0.1) is 23.7 Å². The number of hydrogen-bond donors (Lipinski definition) is 3. The van der Waals surface area contributed by atoms with Gasteiger partial charge in [0, 0.05) is 44.8 Å². The van der Waals surface area contributed by atoms with Crippen molar-refractivity contribution in [3.05, 3.63) is 48.5 Å². The van der Waals surface area contributed by atoms with Crippen molar-refractivity contribution in [1.29, 1.82) is 0 Å². The SMILES string of the molecule is CC[C@H]1OC(=O)C[C@H]2OC/C(=N/OCCn3cnc4ncccc43)COCCC(C[C@@H](C)C(=O)/C=C/C(C)=C/[C@@H]1CO[C@@H]1CC[C@@H](O)[C@@H](OC)[C@H]1OC)[C@H](O[C@@H]1O[C@H](C)[C@@H](O)[C@H](N(C)C)[C@H]1O)[C@H]2C. The van der Waals surface area contributed by atoms with Gasteiger partial charge in [0.25, 0.3) is 0 Å². The third-order valence-electron chi connectivity index (χ3n) is 14.2. The molecule has 16 atom stereocenters. The van der Waals surface area contributed by atoms with Crippen LogP contribution in [-0.2, 0) is 58.9 Å². The first-order valence-electron chi connectivity index (χ1n) is 24.5. The molecule has 6 rings (SSSR count). The topological polar surface area (TPSA) is 224 Å². The highest BCUT2D eigenvalue weighted by atomic mass is 16.7. The number of ketones is 1. The van der Waals surface area contributed by atoms with Crippen molar-refractivity contribution in [2.75, 3.05) is 61.3 Å². The first kappa shape index (κ1) is 54.6. The highest BCUT2D eigenvalue weighted by molar-refractivity contribution is 5.91. The van der Waals surface area contributed by atoms with Gasteiger partial charge in [-0.2, -0.15) is 0 Å². The molecule has 19 nitrogen and oxygen atoms in total.